The van der Waals surface area contributed by atoms with Crippen molar-refractivity contribution in [1.82, 2.24) is 0 Å². The van der Waals surface area contributed by atoms with Gasteiger partial charge in [-0.05, 0) is 0 Å². The zero-order valence-electron chi connectivity index (χ0n) is 3.46. The molecule has 0 spiro atoms. The molecule has 0 aliphatic rings. The number of rotatable bonds is 0. The van der Waals surface area contributed by atoms with Gasteiger partial charge < -0.3 is 10.8 Å². The van der Waals surface area contributed by atoms with Crippen molar-refractivity contribution in [1.29, 1.82) is 0 Å². The van der Waals surface area contributed by atoms with E-state index in [0.717, 1.165) is 0 Å². The Morgan fingerprint density at radius 3 is 1.00 bits per heavy atom. The molecule has 0 saturated heterocycles. The van der Waals surface area contributed by atoms with Gasteiger partial charge in [-0.25, -0.2) is 0 Å². The largest absolute Gasteiger partial charge is 2.00 e. The zero-order chi connectivity index (χ0) is 0. The molecule has 0 N–H and O–H groups in total. The maximum Gasteiger partial charge on any atom is 2.00 e. The van der Waals surface area contributed by atoms with E-state index in [1.54, 1.807) is 0 Å². The van der Waals surface area contributed by atoms with Crippen LogP contribution in [0.2, 0.25) is 0 Å². The summed E-state index contributed by atoms with van der Waals surface area (Å²) in [4.78, 5) is 0. The molecule has 0 aromatic carbocycles. The first-order valence-electron chi connectivity index (χ1n) is 0. The fourth-order valence-electron chi connectivity index (χ4n) is 0. The second kappa shape index (κ2) is 19.3. The predicted molar refractivity (Wildman–Crippen MR) is 6.87 cm³/mol. The van der Waals surface area contributed by atoms with Crippen LogP contribution in [0.3, 0.4) is 0 Å². The first kappa shape index (κ1) is 35.7. The van der Waals surface area contributed by atoms with Gasteiger partial charge in [0.1, 0.15) is 0 Å². The normalized spacial score (nSPS) is 0. The summed E-state index contributed by atoms with van der Waals surface area (Å²) in [5, 5.41) is 0. The molecule has 0 radical (unpaired) electrons. The summed E-state index contributed by atoms with van der Waals surface area (Å²) < 4.78 is 0. The minimum absolute atomic E-state index is 0. The number of hydrogen-bond donors (Lipinski definition) is 0. The van der Waals surface area contributed by atoms with E-state index in [1.807, 2.05) is 0 Å². The summed E-state index contributed by atoms with van der Waals surface area (Å²) in [7, 11) is 0. The molecule has 4 heavy (non-hydrogen) atoms. The van der Waals surface area contributed by atoms with Crippen molar-refractivity contribution in [3.63, 3.8) is 0 Å². The van der Waals surface area contributed by atoms with Crippen LogP contribution in [0.5, 0.6) is 0 Å². The van der Waals surface area contributed by atoms with Gasteiger partial charge in [0, 0.05) is 0 Å². The molecule has 0 nitrogen and oxygen atoms in total. The Labute approximate surface area is 76.8 Å². The Morgan fingerprint density at radius 1 is 1.00 bits per heavy atom. The van der Waals surface area contributed by atoms with E-state index in [2.05, 4.69) is 0 Å². The minimum Gasteiger partial charge on any atom is -1.00 e. The van der Waals surface area contributed by atoms with Gasteiger partial charge in [0.05, 0.1) is 0 Å². The van der Waals surface area contributed by atoms with Gasteiger partial charge in [0.2, 0.25) is 0 Å². The van der Waals surface area contributed by atoms with Gasteiger partial charge in [-0.1, -0.05) is 0 Å². The summed E-state index contributed by atoms with van der Waals surface area (Å²) in [6, 6.07) is 0. The molecule has 0 heterocycles. The van der Waals surface area contributed by atoms with Crippen molar-refractivity contribution in [3.05, 3.63) is 0 Å². The minimum atomic E-state index is 0. The van der Waals surface area contributed by atoms with Gasteiger partial charge in [-0.2, -0.15) is 0 Å². The third kappa shape index (κ3) is 8.92. The first-order valence-corrected chi connectivity index (χ1v) is 0. The van der Waals surface area contributed by atoms with Crippen molar-refractivity contribution < 1.29 is 40.4 Å². The van der Waals surface area contributed by atoms with Gasteiger partial charge in [-0.3, -0.25) is 0 Å². The van der Waals surface area contributed by atoms with Gasteiger partial charge in [-0.15, -0.1) is 0 Å². The van der Waals surface area contributed by atoms with Gasteiger partial charge in [0.25, 0.3) is 0 Å². The molecule has 18 valence electrons. The van der Waals surface area contributed by atoms with E-state index in [1.165, 1.54) is 0 Å². The van der Waals surface area contributed by atoms with Crippen LogP contribution < -0.4 is 39.0 Å². The third-order valence-corrected chi connectivity index (χ3v) is 0. The van der Waals surface area contributed by atoms with E-state index < -0.39 is 0 Å². The van der Waals surface area contributed by atoms with Crippen LogP contribution in [0.15, 0.2) is 0 Å². The maximum absolute atomic E-state index is 0. The van der Waals surface area contributed by atoms with E-state index in [-0.39, 0.29) is 78.1 Å². The Balaban J connectivity index is 0. The molecule has 0 atom stereocenters. The quantitative estimate of drug-likeness (QED) is 0.266. The molecule has 0 rings (SSSR count). The van der Waals surface area contributed by atoms with Crippen LogP contribution in [0.1, 0.15) is 1.43 Å². The summed E-state index contributed by atoms with van der Waals surface area (Å²) in [5.74, 6) is 0. The smallest absolute Gasteiger partial charge is 1.00 e. The Kier molecular flexibility index (Phi) is 173. The molecule has 0 bridgehead atoms. The molecule has 0 saturated carbocycles. The molecule has 0 fully saturated rings. The standard InChI is InChI=1S/Ca.2FH.Na.H/h;2*1H;;/q+2;;;+1;-1/p-2. The van der Waals surface area contributed by atoms with Crippen LogP contribution in [-0.4, -0.2) is 37.7 Å². The maximum atomic E-state index is 0. The average Bonchev–Trinajstić information content (AvgIpc) is 0. The van der Waals surface area contributed by atoms with Crippen molar-refractivity contribution >= 4 is 37.7 Å². The van der Waals surface area contributed by atoms with Crippen molar-refractivity contribution in [2.75, 3.05) is 0 Å². The van der Waals surface area contributed by atoms with Crippen LogP contribution >= 0.6 is 0 Å². The second-order valence-corrected chi connectivity index (χ2v) is 0. The van der Waals surface area contributed by atoms with Crippen LogP contribution in [0, 0.1) is 0 Å². The van der Waals surface area contributed by atoms with E-state index in [0.29, 0.717) is 0 Å². The molecular formula is HCaF2Na. The Hall–Kier alpha value is 2.12. The average molecular weight is 102 g/mol. The molecule has 0 aromatic rings. The molecule has 0 aliphatic carbocycles. The topological polar surface area (TPSA) is 0 Å². The van der Waals surface area contributed by atoms with E-state index in [9.17, 15) is 0 Å². The zero-order valence-corrected chi connectivity index (χ0v) is 6.67. The fourth-order valence-corrected chi connectivity index (χ4v) is 0. The summed E-state index contributed by atoms with van der Waals surface area (Å²) in [6.07, 6.45) is 0. The molecule has 0 amide bonds. The van der Waals surface area contributed by atoms with Crippen LogP contribution in [-0.2, 0) is 0 Å². The summed E-state index contributed by atoms with van der Waals surface area (Å²) in [6.45, 7) is 0. The van der Waals surface area contributed by atoms with Crippen LogP contribution in [0.25, 0.3) is 0 Å². The molecule has 4 heteroatoms. The monoisotopic (exact) mass is 102 g/mol. The van der Waals surface area contributed by atoms with E-state index >= 15 is 0 Å². The summed E-state index contributed by atoms with van der Waals surface area (Å²) in [5.41, 5.74) is 0. The second-order valence-electron chi connectivity index (χ2n) is 0. The number of hydrogen-bond acceptors (Lipinski definition) is 0. The molecular weight excluding hydrogens is 101 g/mol. The molecule has 0 aromatic heterocycles. The first-order chi connectivity index (χ1) is 0. The molecule has 0 unspecified atom stereocenters. The van der Waals surface area contributed by atoms with E-state index in [4.69, 9.17) is 0 Å². The van der Waals surface area contributed by atoms with Crippen molar-refractivity contribution in [2.45, 2.75) is 0 Å². The third-order valence-electron chi connectivity index (χ3n) is 0. The molecule has 0 aliphatic heterocycles. The van der Waals surface area contributed by atoms with Crippen LogP contribution in [0.4, 0.5) is 0 Å². The Bertz CT molecular complexity index is 9.61. The fraction of sp³-hybridized carbons (Fsp3) is 0. The van der Waals surface area contributed by atoms with Gasteiger partial charge in [0.15, 0.2) is 0 Å². The Morgan fingerprint density at radius 2 is 1.00 bits per heavy atom. The van der Waals surface area contributed by atoms with Crippen molar-refractivity contribution in [3.8, 4) is 0 Å². The predicted octanol–water partition coefficient (Wildman–Crippen LogP) is -9.26. The number of halogens is 2. The van der Waals surface area contributed by atoms with Crippen molar-refractivity contribution in [2.24, 2.45) is 0 Å². The SMILES string of the molecule is [Ca+2].[F-].[F-].[H-].[Na+]. The van der Waals surface area contributed by atoms with Gasteiger partial charge >= 0.3 is 67.3 Å². The summed E-state index contributed by atoms with van der Waals surface area (Å²) >= 11 is 0.